The lowest BCUT2D eigenvalue weighted by Crippen LogP contribution is -2.17. The Morgan fingerprint density at radius 3 is 1.08 bits per heavy atom. The molecule has 360 valence electrons. The molecule has 0 spiro atoms. The molecule has 0 aromatic heterocycles. The molecule has 6 aromatic rings. The second-order valence-corrected chi connectivity index (χ2v) is 18.5. The van der Waals surface area contributed by atoms with Gasteiger partial charge in [0.2, 0.25) is 0 Å². The molecular formula is C59H76F6O. The van der Waals surface area contributed by atoms with Gasteiger partial charge in [0, 0.05) is 0 Å². The van der Waals surface area contributed by atoms with Crippen molar-refractivity contribution in [3.8, 4) is 5.75 Å². The molecule has 0 bridgehead atoms. The molecular weight excluding hydrogens is 839 g/mol. The first-order chi connectivity index (χ1) is 30.7. The highest BCUT2D eigenvalue weighted by Gasteiger charge is 2.31. The lowest BCUT2D eigenvalue weighted by molar-refractivity contribution is -0.274. The molecule has 0 aliphatic carbocycles. The van der Waals surface area contributed by atoms with E-state index < -0.39 is 18.0 Å². The van der Waals surface area contributed by atoms with Crippen molar-refractivity contribution < 1.29 is 31.1 Å². The van der Waals surface area contributed by atoms with Crippen molar-refractivity contribution in [2.24, 2.45) is 0 Å². The number of halogens is 6. The van der Waals surface area contributed by atoms with Crippen molar-refractivity contribution in [2.75, 3.05) is 0 Å². The van der Waals surface area contributed by atoms with Crippen molar-refractivity contribution in [3.63, 3.8) is 0 Å². The molecule has 0 fully saturated rings. The molecule has 0 atom stereocenters. The lowest BCUT2D eigenvalue weighted by atomic mass is 10.0. The van der Waals surface area contributed by atoms with E-state index in [2.05, 4.69) is 147 Å². The normalized spacial score (nSPS) is 10.8. The maximum Gasteiger partial charge on any atom is 0.573 e. The monoisotopic (exact) mass is 915 g/mol. The molecule has 0 saturated heterocycles. The van der Waals surface area contributed by atoms with Gasteiger partial charge in [-0.05, 0) is 138 Å². The lowest BCUT2D eigenvalue weighted by Gasteiger charge is -2.13. The first kappa shape index (κ1) is 58.7. The number of rotatable bonds is 7. The Balaban J connectivity index is 0.000000399. The van der Waals surface area contributed by atoms with Crippen molar-refractivity contribution >= 4 is 0 Å². The zero-order valence-corrected chi connectivity index (χ0v) is 42.3. The summed E-state index contributed by atoms with van der Waals surface area (Å²) in [5.41, 5.74) is 11.3. The fourth-order valence-corrected chi connectivity index (χ4v) is 5.98. The minimum absolute atomic E-state index is 0.131. The van der Waals surface area contributed by atoms with Crippen LogP contribution in [0.15, 0.2) is 133 Å². The molecule has 0 aliphatic rings. The smallest absolute Gasteiger partial charge is 0.406 e. The van der Waals surface area contributed by atoms with Crippen molar-refractivity contribution in [1.29, 1.82) is 0 Å². The first-order valence-corrected chi connectivity index (χ1v) is 23.0. The summed E-state index contributed by atoms with van der Waals surface area (Å²) in [6.07, 6.45) is -4.62. The molecule has 0 radical (unpaired) electrons. The third-order valence-electron chi connectivity index (χ3n) is 10.4. The number of ether oxygens (including phenoxy) is 1. The average molecular weight is 915 g/mol. The van der Waals surface area contributed by atoms with E-state index in [0.29, 0.717) is 35.2 Å². The SMILES string of the molecule is CC(C)c1ccc(F)c(F)c1.CC(C)c1ccccc1.Cc1cc(C(C)C)ccc1OC(F)(F)F.Cc1cc(F)cc(C(C)C)c1.Cc1ccc(C(C)C)cc1.Cc1ccc(C(C)C)cc1. The van der Waals surface area contributed by atoms with Crippen LogP contribution in [0.5, 0.6) is 5.75 Å². The molecule has 0 N–H and O–H groups in total. The number of alkyl halides is 3. The van der Waals surface area contributed by atoms with E-state index in [1.807, 2.05) is 46.8 Å². The highest BCUT2D eigenvalue weighted by molar-refractivity contribution is 5.37. The van der Waals surface area contributed by atoms with E-state index in [-0.39, 0.29) is 17.5 Å². The van der Waals surface area contributed by atoms with Gasteiger partial charge in [-0.2, -0.15) is 0 Å². The first-order valence-electron chi connectivity index (χ1n) is 23.0. The second-order valence-electron chi connectivity index (χ2n) is 18.5. The fraction of sp³-hybridized carbons (Fsp3) is 0.390. The minimum atomic E-state index is -4.62. The van der Waals surface area contributed by atoms with Crippen molar-refractivity contribution in [1.82, 2.24) is 0 Å². The molecule has 66 heavy (non-hydrogen) atoms. The third-order valence-corrected chi connectivity index (χ3v) is 10.4. The second kappa shape index (κ2) is 29.4. The van der Waals surface area contributed by atoms with Crippen LogP contribution in [-0.2, 0) is 0 Å². The topological polar surface area (TPSA) is 9.23 Å². The molecule has 0 amide bonds. The number of benzene rings is 6. The number of hydrogen-bond acceptors (Lipinski definition) is 1. The van der Waals surface area contributed by atoms with Crippen LogP contribution in [0.3, 0.4) is 0 Å². The van der Waals surface area contributed by atoms with E-state index >= 15 is 0 Å². The molecule has 6 rings (SSSR count). The van der Waals surface area contributed by atoms with E-state index in [0.717, 1.165) is 28.3 Å². The van der Waals surface area contributed by atoms with Gasteiger partial charge in [0.25, 0.3) is 0 Å². The molecule has 6 aromatic carbocycles. The van der Waals surface area contributed by atoms with Gasteiger partial charge in [0.05, 0.1) is 0 Å². The van der Waals surface area contributed by atoms with Gasteiger partial charge in [0.1, 0.15) is 11.6 Å². The Morgan fingerprint density at radius 1 is 0.348 bits per heavy atom. The molecule has 7 heteroatoms. The third kappa shape index (κ3) is 24.3. The molecule has 0 heterocycles. The Hall–Kier alpha value is -5.30. The van der Waals surface area contributed by atoms with Crippen LogP contribution in [0.25, 0.3) is 0 Å². The predicted octanol–water partition coefficient (Wildman–Crippen LogP) is 19.4. The number of aryl methyl sites for hydroxylation is 4. The van der Waals surface area contributed by atoms with Crippen LogP contribution < -0.4 is 4.74 Å². The zero-order chi connectivity index (χ0) is 50.3. The Bertz CT molecular complexity index is 2170. The maximum atomic E-state index is 12.8. The number of hydrogen-bond donors (Lipinski definition) is 0. The quantitative estimate of drug-likeness (QED) is 0.145. The van der Waals surface area contributed by atoms with Crippen molar-refractivity contribution in [3.05, 3.63) is 207 Å². The molecule has 0 saturated carbocycles. The summed E-state index contributed by atoms with van der Waals surface area (Å²) in [6.45, 7) is 33.0. The van der Waals surface area contributed by atoms with Crippen LogP contribution in [-0.4, -0.2) is 6.36 Å². The van der Waals surface area contributed by atoms with Crippen LogP contribution in [0.1, 0.15) is 174 Å². The Morgan fingerprint density at radius 2 is 0.727 bits per heavy atom. The standard InChI is InChI=1S/C11H13F3O.C10H13F.2C10H14.C9H10F2.C9H12/c1-7(2)9-4-5-10(8(3)6-9)15-11(12,13)14;1-7(2)9-4-8(3)5-10(11)6-9;2*1-8(2)10-6-4-9(3)5-7-10;1-6(2)7-3-4-8(10)9(11)5-7;1-8(2)9-6-4-3-5-7-9/h4-7H,1-3H3;4-7H,1-3H3;2*4-8H,1-3H3;3-6H,1-2H3;3-8H,1-2H3. The minimum Gasteiger partial charge on any atom is -0.406 e. The van der Waals surface area contributed by atoms with Crippen LogP contribution in [0.2, 0.25) is 0 Å². The highest BCUT2D eigenvalue weighted by atomic mass is 19.4. The van der Waals surface area contributed by atoms with Gasteiger partial charge in [-0.15, -0.1) is 13.2 Å². The van der Waals surface area contributed by atoms with E-state index in [4.69, 9.17) is 0 Å². The Labute approximate surface area is 394 Å². The largest absolute Gasteiger partial charge is 0.573 e. The van der Waals surface area contributed by atoms with E-state index in [1.165, 1.54) is 39.9 Å². The van der Waals surface area contributed by atoms with Gasteiger partial charge >= 0.3 is 6.36 Å². The summed E-state index contributed by atoms with van der Waals surface area (Å²) in [7, 11) is 0. The summed E-state index contributed by atoms with van der Waals surface area (Å²) < 4.78 is 77.5. The summed E-state index contributed by atoms with van der Waals surface area (Å²) in [6, 6.07) is 41.8. The van der Waals surface area contributed by atoms with Crippen molar-refractivity contribution in [2.45, 2.75) is 153 Å². The molecule has 0 aliphatic heterocycles. The summed E-state index contributed by atoms with van der Waals surface area (Å²) in [4.78, 5) is 0. The van der Waals surface area contributed by atoms with Gasteiger partial charge < -0.3 is 4.74 Å². The van der Waals surface area contributed by atoms with Crippen LogP contribution >= 0.6 is 0 Å². The zero-order valence-electron chi connectivity index (χ0n) is 42.3. The maximum absolute atomic E-state index is 12.8. The molecule has 1 nitrogen and oxygen atoms in total. The van der Waals surface area contributed by atoms with Crippen LogP contribution in [0, 0.1) is 45.1 Å². The fourth-order valence-electron chi connectivity index (χ4n) is 5.98. The highest BCUT2D eigenvalue weighted by Crippen LogP contribution is 2.28. The van der Waals surface area contributed by atoms with Gasteiger partial charge in [0.15, 0.2) is 11.6 Å². The molecule has 0 unspecified atom stereocenters. The van der Waals surface area contributed by atoms with Gasteiger partial charge in [-0.3, -0.25) is 0 Å². The predicted molar refractivity (Wildman–Crippen MR) is 269 cm³/mol. The van der Waals surface area contributed by atoms with Crippen LogP contribution in [0.4, 0.5) is 26.3 Å². The van der Waals surface area contributed by atoms with Gasteiger partial charge in [-0.1, -0.05) is 197 Å². The Kier molecular flexibility index (Phi) is 26.1. The van der Waals surface area contributed by atoms with Gasteiger partial charge in [-0.25, -0.2) is 13.2 Å². The average Bonchev–Trinajstić information content (AvgIpc) is 3.23. The summed E-state index contributed by atoms with van der Waals surface area (Å²) in [5, 5.41) is 0. The van der Waals surface area contributed by atoms with E-state index in [1.54, 1.807) is 37.3 Å². The summed E-state index contributed by atoms with van der Waals surface area (Å²) >= 11 is 0. The summed E-state index contributed by atoms with van der Waals surface area (Å²) in [5.74, 6) is 1.09. The van der Waals surface area contributed by atoms with E-state index in [9.17, 15) is 26.3 Å².